The summed E-state index contributed by atoms with van der Waals surface area (Å²) < 4.78 is 22.2. The van der Waals surface area contributed by atoms with Crippen molar-refractivity contribution >= 4 is 93.9 Å². The third-order valence-corrected chi connectivity index (χ3v) is 18.1. The van der Waals surface area contributed by atoms with E-state index in [0.29, 0.717) is 0 Å². The van der Waals surface area contributed by atoms with Crippen LogP contribution in [0.25, 0.3) is 110 Å². The molecule has 1 aliphatic heterocycles. The SMILES string of the molecule is c1ccc(-c2cccc(N(c3cc4c5cc(N(c6cccc(-c7ccccc7)c6)C6CCCC7c8cccc(-c9ccccc9)c8OC76)c6ccccc6c5oc4c4ccccc34)c3cccc4c3oc3c(-c5ccccc5)cccc34)c2)cc1. The number of ether oxygens (including phenoxy) is 1. The molecule has 3 atom stereocenters. The zero-order valence-corrected chi connectivity index (χ0v) is 46.6. The van der Waals surface area contributed by atoms with Crippen LogP contribution >= 0.6 is 0 Å². The highest BCUT2D eigenvalue weighted by Gasteiger charge is 2.46. The maximum absolute atomic E-state index is 7.52. The highest BCUT2D eigenvalue weighted by molar-refractivity contribution is 6.26. The van der Waals surface area contributed by atoms with Gasteiger partial charge in [-0.15, -0.1) is 0 Å². The van der Waals surface area contributed by atoms with Gasteiger partial charge in [0, 0.05) is 77.1 Å². The van der Waals surface area contributed by atoms with E-state index in [1.54, 1.807) is 0 Å². The minimum Gasteiger partial charge on any atom is -0.487 e. The molecule has 1 aliphatic carbocycles. The number of hydrogen-bond donors (Lipinski definition) is 0. The van der Waals surface area contributed by atoms with Gasteiger partial charge in [0.1, 0.15) is 28.6 Å². The molecule has 2 aromatic heterocycles. The number of furan rings is 2. The molecule has 0 saturated heterocycles. The lowest BCUT2D eigenvalue weighted by atomic mass is 9.79. The van der Waals surface area contributed by atoms with E-state index in [1.807, 2.05) is 0 Å². The van der Waals surface area contributed by atoms with E-state index in [0.717, 1.165) is 147 Å². The Hall–Kier alpha value is -10.6. The molecule has 1 fully saturated rings. The number of anilines is 5. The van der Waals surface area contributed by atoms with Crippen LogP contribution in [0.5, 0.6) is 5.75 Å². The zero-order chi connectivity index (χ0) is 56.0. The van der Waals surface area contributed by atoms with Gasteiger partial charge in [0.25, 0.3) is 0 Å². The van der Waals surface area contributed by atoms with Crippen molar-refractivity contribution < 1.29 is 13.6 Å². The second-order valence-electron chi connectivity index (χ2n) is 22.9. The van der Waals surface area contributed by atoms with Crippen LogP contribution < -0.4 is 14.5 Å². The average Bonchev–Trinajstić information content (AvgIpc) is 2.44. The number of fused-ring (bicyclic) bond motifs is 13. The molecule has 85 heavy (non-hydrogen) atoms. The molecule has 0 amide bonds. The Balaban J connectivity index is 0.916. The molecule has 3 unspecified atom stereocenters. The Morgan fingerprint density at radius 1 is 0.306 bits per heavy atom. The molecule has 13 aromatic carbocycles. The number of benzene rings is 13. The van der Waals surface area contributed by atoms with Crippen molar-refractivity contribution in [3.05, 3.63) is 291 Å². The number of para-hydroxylation sites is 3. The third kappa shape index (κ3) is 8.06. The van der Waals surface area contributed by atoms with E-state index in [9.17, 15) is 0 Å². The highest BCUT2D eigenvalue weighted by Crippen LogP contribution is 2.55. The van der Waals surface area contributed by atoms with E-state index < -0.39 is 0 Å². The summed E-state index contributed by atoms with van der Waals surface area (Å²) in [6, 6.07) is 103. The molecule has 1 saturated carbocycles. The molecule has 15 aromatic rings. The van der Waals surface area contributed by atoms with Crippen molar-refractivity contribution in [2.45, 2.75) is 37.3 Å². The predicted octanol–water partition coefficient (Wildman–Crippen LogP) is 22.2. The molecule has 0 spiro atoms. The van der Waals surface area contributed by atoms with Crippen molar-refractivity contribution in [2.24, 2.45) is 0 Å². The summed E-state index contributed by atoms with van der Waals surface area (Å²) in [5.74, 6) is 1.24. The molecule has 17 rings (SSSR count). The molecular formula is C80H56N2O3. The fraction of sp³-hybridized carbons (Fsp3) is 0.0750. The van der Waals surface area contributed by atoms with Crippen molar-refractivity contribution in [2.75, 3.05) is 9.80 Å². The van der Waals surface area contributed by atoms with Gasteiger partial charge in [0.2, 0.25) is 0 Å². The molecule has 0 N–H and O–H groups in total. The fourth-order valence-electron chi connectivity index (χ4n) is 14.3. The lowest BCUT2D eigenvalue weighted by Gasteiger charge is -2.42. The van der Waals surface area contributed by atoms with Gasteiger partial charge in [-0.1, -0.05) is 249 Å². The smallest absolute Gasteiger partial charge is 0.159 e. The first-order valence-electron chi connectivity index (χ1n) is 29.7. The van der Waals surface area contributed by atoms with E-state index >= 15 is 0 Å². The van der Waals surface area contributed by atoms with Gasteiger partial charge in [-0.05, 0) is 88.7 Å². The average molecular weight is 1090 g/mol. The Labute approximate surface area is 492 Å². The zero-order valence-electron chi connectivity index (χ0n) is 46.6. The van der Waals surface area contributed by atoms with Crippen LogP contribution in [0.2, 0.25) is 0 Å². The molecule has 5 heteroatoms. The third-order valence-electron chi connectivity index (χ3n) is 18.1. The Kier molecular flexibility index (Phi) is 11.6. The quantitative estimate of drug-likeness (QED) is 0.137. The van der Waals surface area contributed by atoms with Crippen molar-refractivity contribution in [1.82, 2.24) is 0 Å². The fourth-order valence-corrected chi connectivity index (χ4v) is 14.3. The minimum atomic E-state index is -0.106. The van der Waals surface area contributed by atoms with Crippen molar-refractivity contribution in [3.8, 4) is 50.3 Å². The Bertz CT molecular complexity index is 5050. The van der Waals surface area contributed by atoms with E-state index in [4.69, 9.17) is 13.6 Å². The number of nitrogens with zero attached hydrogens (tertiary/aromatic N) is 2. The molecule has 2 aliphatic rings. The summed E-state index contributed by atoms with van der Waals surface area (Å²) in [4.78, 5) is 5.07. The molecule has 0 bridgehead atoms. The van der Waals surface area contributed by atoms with Crippen LogP contribution in [0.15, 0.2) is 294 Å². The van der Waals surface area contributed by atoms with E-state index in [-0.39, 0.29) is 18.1 Å². The second-order valence-corrected chi connectivity index (χ2v) is 22.9. The second kappa shape index (κ2) is 20.1. The first-order valence-corrected chi connectivity index (χ1v) is 29.7. The lowest BCUT2D eigenvalue weighted by Crippen LogP contribution is -2.47. The minimum absolute atomic E-state index is 0.0182. The van der Waals surface area contributed by atoms with Gasteiger partial charge in [0.15, 0.2) is 5.58 Å². The largest absolute Gasteiger partial charge is 0.487 e. The first kappa shape index (κ1) is 49.0. The summed E-state index contributed by atoms with van der Waals surface area (Å²) >= 11 is 0. The van der Waals surface area contributed by atoms with Crippen LogP contribution in [0.4, 0.5) is 28.4 Å². The topological polar surface area (TPSA) is 42.0 Å². The van der Waals surface area contributed by atoms with E-state index in [2.05, 4.69) is 295 Å². The summed E-state index contributed by atoms with van der Waals surface area (Å²) in [7, 11) is 0. The molecule has 404 valence electrons. The van der Waals surface area contributed by atoms with Gasteiger partial charge in [-0.25, -0.2) is 0 Å². The lowest BCUT2D eigenvalue weighted by molar-refractivity contribution is 0.140. The maximum atomic E-state index is 7.52. The Morgan fingerprint density at radius 2 is 0.765 bits per heavy atom. The van der Waals surface area contributed by atoms with Gasteiger partial charge >= 0.3 is 0 Å². The first-order chi connectivity index (χ1) is 42.2. The van der Waals surface area contributed by atoms with Crippen molar-refractivity contribution in [3.63, 3.8) is 0 Å². The normalized spacial score (nSPS) is 15.6. The van der Waals surface area contributed by atoms with E-state index in [1.165, 1.54) is 22.3 Å². The highest BCUT2D eigenvalue weighted by atomic mass is 16.5. The predicted molar refractivity (Wildman–Crippen MR) is 352 cm³/mol. The maximum Gasteiger partial charge on any atom is 0.159 e. The van der Waals surface area contributed by atoms with Gasteiger partial charge < -0.3 is 23.4 Å². The molecule has 5 nitrogen and oxygen atoms in total. The van der Waals surface area contributed by atoms with Gasteiger partial charge in [0.05, 0.1) is 23.1 Å². The summed E-state index contributed by atoms with van der Waals surface area (Å²) in [6.45, 7) is 0. The Morgan fingerprint density at radius 3 is 1.42 bits per heavy atom. The standard InChI is InChI=1S/C80H56N2O3/c1-5-23-51(24-6-1)55-31-17-33-57(47-55)81(71-45-21-43-67-65-41-19-39-59(75(65)84-79(67)71)53-27-9-3-10-28-53)73-49-69-70-50-74(62-36-14-16-38-64(62)78(70)83-77(69)63-37-15-13-35-61(63)73)82(58-34-18-32-56(48-58)52-25-7-2-8-26-52)72-46-22-44-68-66-42-20-40-60(76(66)85-80(68)72)54-29-11-4-12-30-54/h1-21,23-43,45,47-50,68,72,80H,22,44,46H2. The van der Waals surface area contributed by atoms with Gasteiger partial charge in [-0.3, -0.25) is 0 Å². The van der Waals surface area contributed by atoms with Crippen LogP contribution in [-0.2, 0) is 0 Å². The monoisotopic (exact) mass is 1090 g/mol. The molecular weight excluding hydrogens is 1040 g/mol. The van der Waals surface area contributed by atoms with Crippen LogP contribution in [0.3, 0.4) is 0 Å². The van der Waals surface area contributed by atoms with Crippen LogP contribution in [0.1, 0.15) is 30.7 Å². The molecule has 0 radical (unpaired) electrons. The number of hydrogen-bond acceptors (Lipinski definition) is 5. The summed E-state index contributed by atoms with van der Waals surface area (Å²) in [5, 5.41) is 8.46. The van der Waals surface area contributed by atoms with Gasteiger partial charge in [-0.2, -0.15) is 0 Å². The summed E-state index contributed by atoms with van der Waals surface area (Å²) in [5.41, 5.74) is 19.0. The summed E-state index contributed by atoms with van der Waals surface area (Å²) in [6.07, 6.45) is 2.98. The van der Waals surface area contributed by atoms with Crippen LogP contribution in [-0.4, -0.2) is 12.1 Å². The van der Waals surface area contributed by atoms with Crippen molar-refractivity contribution in [1.29, 1.82) is 0 Å². The number of rotatable bonds is 10. The van der Waals surface area contributed by atoms with Crippen LogP contribution in [0, 0.1) is 0 Å². The molecule has 3 heterocycles.